The van der Waals surface area contributed by atoms with E-state index in [9.17, 15) is 4.79 Å². The summed E-state index contributed by atoms with van der Waals surface area (Å²) in [7, 11) is 3.35. The molecule has 0 bridgehead atoms. The van der Waals surface area contributed by atoms with Crippen LogP contribution in [0.4, 0.5) is 0 Å². The maximum atomic E-state index is 11.4. The second kappa shape index (κ2) is 8.95. The molecule has 0 saturated heterocycles. The number of nitrogens with zero attached hydrogens (tertiary/aromatic N) is 1. The summed E-state index contributed by atoms with van der Waals surface area (Å²) in [6, 6.07) is 0. The third-order valence-electron chi connectivity index (χ3n) is 1.95. The maximum Gasteiger partial charge on any atom is 0.248 e. The van der Waals surface area contributed by atoms with Crippen LogP contribution in [-0.4, -0.2) is 56.7 Å². The zero-order valence-electron chi connectivity index (χ0n) is 9.66. The quantitative estimate of drug-likeness (QED) is 0.469. The molecule has 0 N–H and O–H groups in total. The van der Waals surface area contributed by atoms with E-state index in [4.69, 9.17) is 21.1 Å². The first-order valence-corrected chi connectivity index (χ1v) is 5.46. The summed E-state index contributed by atoms with van der Waals surface area (Å²) in [5, 5.41) is 0.0923. The van der Waals surface area contributed by atoms with Gasteiger partial charge in [0.15, 0.2) is 0 Å². The predicted molar refractivity (Wildman–Crippen MR) is 60.3 cm³/mol. The first-order valence-electron chi connectivity index (χ1n) is 5.02. The summed E-state index contributed by atoms with van der Waals surface area (Å²) in [5.41, 5.74) is 0. The van der Waals surface area contributed by atoms with E-state index in [0.717, 1.165) is 6.42 Å². The van der Waals surface area contributed by atoms with Crippen molar-refractivity contribution in [1.82, 2.24) is 4.90 Å². The van der Waals surface area contributed by atoms with E-state index in [0.29, 0.717) is 19.8 Å². The van der Waals surface area contributed by atoms with Crippen LogP contribution in [0, 0.1) is 0 Å². The summed E-state index contributed by atoms with van der Waals surface area (Å²) >= 11 is 5.79. The number of carbonyl (C=O) groups is 1. The van der Waals surface area contributed by atoms with Gasteiger partial charge in [-0.2, -0.15) is 0 Å². The van der Waals surface area contributed by atoms with Gasteiger partial charge in [0.1, 0.15) is 6.61 Å². The predicted octanol–water partition coefficient (Wildman–Crippen LogP) is 1.13. The van der Waals surface area contributed by atoms with Crippen LogP contribution in [0.15, 0.2) is 0 Å². The van der Waals surface area contributed by atoms with E-state index in [1.807, 2.05) is 6.92 Å². The lowest BCUT2D eigenvalue weighted by Gasteiger charge is -2.17. The number of carbonyl (C=O) groups excluding carboxylic acids is 1. The highest BCUT2D eigenvalue weighted by Gasteiger charge is 2.09. The molecular formula is C10H20ClNO3. The Labute approximate surface area is 96.5 Å². The van der Waals surface area contributed by atoms with E-state index in [1.165, 1.54) is 0 Å². The van der Waals surface area contributed by atoms with Crippen molar-refractivity contribution in [2.45, 2.75) is 18.7 Å². The van der Waals surface area contributed by atoms with E-state index < -0.39 is 0 Å². The van der Waals surface area contributed by atoms with E-state index >= 15 is 0 Å². The fourth-order valence-corrected chi connectivity index (χ4v) is 1.01. The summed E-state index contributed by atoms with van der Waals surface area (Å²) in [6.07, 6.45) is 0.794. The molecule has 1 amide bonds. The van der Waals surface area contributed by atoms with Gasteiger partial charge in [0.05, 0.1) is 13.2 Å². The summed E-state index contributed by atoms with van der Waals surface area (Å²) in [6.45, 7) is 3.64. The number of amides is 1. The molecule has 15 heavy (non-hydrogen) atoms. The third-order valence-corrected chi connectivity index (χ3v) is 2.16. The van der Waals surface area contributed by atoms with Gasteiger partial charge in [0, 0.05) is 26.1 Å². The van der Waals surface area contributed by atoms with Crippen molar-refractivity contribution >= 4 is 17.5 Å². The van der Waals surface area contributed by atoms with Crippen molar-refractivity contribution in [2.75, 3.05) is 40.5 Å². The van der Waals surface area contributed by atoms with Crippen molar-refractivity contribution in [1.29, 1.82) is 0 Å². The standard InChI is InChI=1S/C10H20ClNO3/c1-9(11)4-5-12(2)10(13)8-15-7-6-14-3/h9H,4-8H2,1-3H3. The summed E-state index contributed by atoms with van der Waals surface area (Å²) in [5.74, 6) is -0.0246. The summed E-state index contributed by atoms with van der Waals surface area (Å²) in [4.78, 5) is 13.1. The van der Waals surface area contributed by atoms with Gasteiger partial charge in [0.25, 0.3) is 0 Å². The number of likely N-dealkylation sites (N-methyl/N-ethyl adjacent to an activating group) is 1. The minimum Gasteiger partial charge on any atom is -0.382 e. The van der Waals surface area contributed by atoms with Gasteiger partial charge < -0.3 is 14.4 Å². The van der Waals surface area contributed by atoms with Crippen molar-refractivity contribution < 1.29 is 14.3 Å². The first-order chi connectivity index (χ1) is 7.07. The van der Waals surface area contributed by atoms with Crippen LogP contribution >= 0.6 is 11.6 Å². The highest BCUT2D eigenvalue weighted by molar-refractivity contribution is 6.20. The Kier molecular flexibility index (Phi) is 8.76. The van der Waals surface area contributed by atoms with Crippen molar-refractivity contribution in [3.8, 4) is 0 Å². The SMILES string of the molecule is COCCOCC(=O)N(C)CCC(C)Cl. The van der Waals surface area contributed by atoms with Crippen LogP contribution < -0.4 is 0 Å². The number of rotatable bonds is 8. The second-order valence-electron chi connectivity index (χ2n) is 3.43. The van der Waals surface area contributed by atoms with Gasteiger partial charge in [0.2, 0.25) is 5.91 Å². The number of alkyl halides is 1. The van der Waals surface area contributed by atoms with E-state index in [1.54, 1.807) is 19.1 Å². The maximum absolute atomic E-state index is 11.4. The molecule has 0 saturated carbocycles. The lowest BCUT2D eigenvalue weighted by molar-refractivity contribution is -0.135. The lowest BCUT2D eigenvalue weighted by atomic mass is 10.3. The van der Waals surface area contributed by atoms with Gasteiger partial charge in [-0.05, 0) is 13.3 Å². The Morgan fingerprint density at radius 3 is 2.67 bits per heavy atom. The van der Waals surface area contributed by atoms with Gasteiger partial charge in [-0.3, -0.25) is 4.79 Å². The number of hydrogen-bond acceptors (Lipinski definition) is 3. The molecule has 0 aliphatic rings. The Hall–Kier alpha value is -0.320. The van der Waals surface area contributed by atoms with Gasteiger partial charge >= 0.3 is 0 Å². The fourth-order valence-electron chi connectivity index (χ4n) is 0.908. The molecule has 0 radical (unpaired) electrons. The monoisotopic (exact) mass is 237 g/mol. The Bertz CT molecular complexity index is 176. The van der Waals surface area contributed by atoms with Crippen LogP contribution in [0.2, 0.25) is 0 Å². The second-order valence-corrected chi connectivity index (χ2v) is 4.18. The number of ether oxygens (including phenoxy) is 2. The molecule has 0 rings (SSSR count). The minimum absolute atomic E-state index is 0.0246. The molecule has 0 fully saturated rings. The molecular weight excluding hydrogens is 218 g/mol. The molecule has 90 valence electrons. The van der Waals surface area contributed by atoms with Gasteiger partial charge in [-0.1, -0.05) is 0 Å². The number of hydrogen-bond donors (Lipinski definition) is 0. The summed E-state index contributed by atoms with van der Waals surface area (Å²) < 4.78 is 9.91. The first kappa shape index (κ1) is 14.7. The molecule has 0 aromatic rings. The van der Waals surface area contributed by atoms with Gasteiger partial charge in [-0.15, -0.1) is 11.6 Å². The molecule has 5 heteroatoms. The molecule has 0 aliphatic carbocycles. The van der Waals surface area contributed by atoms with Crippen LogP contribution in [0.3, 0.4) is 0 Å². The molecule has 1 unspecified atom stereocenters. The topological polar surface area (TPSA) is 38.8 Å². The molecule has 0 aromatic carbocycles. The largest absolute Gasteiger partial charge is 0.382 e. The Balaban J connectivity index is 3.51. The number of halogens is 1. The highest BCUT2D eigenvalue weighted by atomic mass is 35.5. The molecule has 0 spiro atoms. The molecule has 0 heterocycles. The normalized spacial score (nSPS) is 12.5. The Morgan fingerprint density at radius 2 is 2.13 bits per heavy atom. The van der Waals surface area contributed by atoms with Gasteiger partial charge in [-0.25, -0.2) is 0 Å². The zero-order valence-corrected chi connectivity index (χ0v) is 10.4. The molecule has 4 nitrogen and oxygen atoms in total. The van der Waals surface area contributed by atoms with Crippen LogP contribution in [0.1, 0.15) is 13.3 Å². The fraction of sp³-hybridized carbons (Fsp3) is 0.900. The smallest absolute Gasteiger partial charge is 0.248 e. The zero-order chi connectivity index (χ0) is 11.7. The van der Waals surface area contributed by atoms with Crippen LogP contribution in [0.5, 0.6) is 0 Å². The van der Waals surface area contributed by atoms with E-state index in [-0.39, 0.29) is 17.9 Å². The highest BCUT2D eigenvalue weighted by Crippen LogP contribution is 2.01. The van der Waals surface area contributed by atoms with Crippen LogP contribution in [-0.2, 0) is 14.3 Å². The third kappa shape index (κ3) is 8.66. The molecule has 0 aromatic heterocycles. The van der Waals surface area contributed by atoms with Crippen molar-refractivity contribution in [3.63, 3.8) is 0 Å². The van der Waals surface area contributed by atoms with Crippen LogP contribution in [0.25, 0.3) is 0 Å². The average Bonchev–Trinajstić information content (AvgIpc) is 2.20. The Morgan fingerprint density at radius 1 is 1.47 bits per heavy atom. The average molecular weight is 238 g/mol. The lowest BCUT2D eigenvalue weighted by Crippen LogP contribution is -2.32. The van der Waals surface area contributed by atoms with E-state index in [2.05, 4.69) is 0 Å². The number of methoxy groups -OCH3 is 1. The van der Waals surface area contributed by atoms with Crippen molar-refractivity contribution in [3.05, 3.63) is 0 Å². The molecule has 0 aliphatic heterocycles. The van der Waals surface area contributed by atoms with Crippen molar-refractivity contribution in [2.24, 2.45) is 0 Å². The minimum atomic E-state index is -0.0246. The molecule has 1 atom stereocenters.